The van der Waals surface area contributed by atoms with Gasteiger partial charge in [0.2, 0.25) is 5.91 Å². The summed E-state index contributed by atoms with van der Waals surface area (Å²) >= 11 is 0. The summed E-state index contributed by atoms with van der Waals surface area (Å²) in [6.07, 6.45) is 7.37. The average molecular weight is 291 g/mol. The van der Waals surface area contributed by atoms with Crippen LogP contribution in [0.5, 0.6) is 0 Å². The molecule has 2 unspecified atom stereocenters. The van der Waals surface area contributed by atoms with Crippen LogP contribution in [0.2, 0.25) is 0 Å². The van der Waals surface area contributed by atoms with Crippen molar-refractivity contribution < 1.29 is 14.7 Å². The molecule has 0 spiro atoms. The fourth-order valence-electron chi connectivity index (χ4n) is 7.02. The molecule has 1 N–H and O–H groups in total. The zero-order chi connectivity index (χ0) is 15.0. The van der Waals surface area contributed by atoms with Crippen LogP contribution in [0, 0.1) is 22.7 Å². The quantitative estimate of drug-likeness (QED) is 0.851. The summed E-state index contributed by atoms with van der Waals surface area (Å²) in [7, 11) is 0. The summed E-state index contributed by atoms with van der Waals surface area (Å²) in [5, 5.41) is 9.25. The number of hydrogen-bond donors (Lipinski definition) is 1. The topological polar surface area (TPSA) is 57.6 Å². The largest absolute Gasteiger partial charge is 0.481 e. The normalized spacial score (nSPS) is 51.7. The number of carboxylic acids is 1. The van der Waals surface area contributed by atoms with Crippen LogP contribution in [0.15, 0.2) is 0 Å². The van der Waals surface area contributed by atoms with Crippen LogP contribution in [-0.2, 0) is 9.59 Å². The maximum Gasteiger partial charge on any atom is 0.308 e. The second-order valence-corrected chi connectivity index (χ2v) is 9.10. The SMILES string of the molecule is C[C@]12CC3CC(N4C[C@H](C(=O)O)CC4=O)(C1)C[C@@](C)(C3)C2. The lowest BCUT2D eigenvalue weighted by atomic mass is 9.42. The Balaban J connectivity index is 1.68. The van der Waals surface area contributed by atoms with E-state index in [-0.39, 0.29) is 17.9 Å². The number of carbonyl (C=O) groups excluding carboxylic acids is 1. The van der Waals surface area contributed by atoms with Crippen molar-refractivity contribution in [2.45, 2.75) is 64.3 Å². The van der Waals surface area contributed by atoms with Crippen LogP contribution < -0.4 is 0 Å². The van der Waals surface area contributed by atoms with Crippen LogP contribution >= 0.6 is 0 Å². The predicted octanol–water partition coefficient (Wildman–Crippen LogP) is 2.67. The second kappa shape index (κ2) is 3.82. The summed E-state index contributed by atoms with van der Waals surface area (Å²) in [6.45, 7) is 5.21. The minimum atomic E-state index is -0.812. The Morgan fingerprint density at radius 3 is 2.24 bits per heavy atom. The molecular weight excluding hydrogens is 266 g/mol. The van der Waals surface area contributed by atoms with Crippen molar-refractivity contribution in [3.63, 3.8) is 0 Å². The van der Waals surface area contributed by atoms with Gasteiger partial charge in [0.15, 0.2) is 0 Å². The van der Waals surface area contributed by atoms with Crippen molar-refractivity contribution in [2.24, 2.45) is 22.7 Å². The molecular formula is C17H25NO3. The van der Waals surface area contributed by atoms with E-state index in [0.29, 0.717) is 17.4 Å². The van der Waals surface area contributed by atoms with Crippen LogP contribution in [0.25, 0.3) is 0 Å². The summed E-state index contributed by atoms with van der Waals surface area (Å²) in [4.78, 5) is 25.7. The van der Waals surface area contributed by atoms with Gasteiger partial charge in [-0.05, 0) is 55.3 Å². The van der Waals surface area contributed by atoms with E-state index in [1.54, 1.807) is 0 Å². The van der Waals surface area contributed by atoms with Gasteiger partial charge in [0.1, 0.15) is 0 Å². The van der Waals surface area contributed by atoms with Gasteiger partial charge in [0.25, 0.3) is 0 Å². The maximum atomic E-state index is 12.5. The molecule has 0 aromatic rings. The highest BCUT2D eigenvalue weighted by Crippen LogP contribution is 2.68. The smallest absolute Gasteiger partial charge is 0.308 e. The Hall–Kier alpha value is -1.06. The molecule has 21 heavy (non-hydrogen) atoms. The summed E-state index contributed by atoms with van der Waals surface area (Å²) in [5.41, 5.74) is 0.676. The number of rotatable bonds is 2. The van der Waals surface area contributed by atoms with Gasteiger partial charge in [-0.25, -0.2) is 0 Å². The van der Waals surface area contributed by atoms with Crippen molar-refractivity contribution in [1.29, 1.82) is 0 Å². The molecule has 1 aliphatic heterocycles. The Morgan fingerprint density at radius 2 is 1.76 bits per heavy atom. The number of nitrogens with zero attached hydrogens (tertiary/aromatic N) is 1. The molecule has 1 heterocycles. The highest BCUT2D eigenvalue weighted by molar-refractivity contribution is 5.86. The number of carbonyl (C=O) groups is 2. The molecule has 5 fully saturated rings. The number of amides is 1. The van der Waals surface area contributed by atoms with E-state index in [1.807, 2.05) is 4.90 Å². The molecule has 4 saturated carbocycles. The Morgan fingerprint density at radius 1 is 1.14 bits per heavy atom. The Bertz CT molecular complexity index is 510. The van der Waals surface area contributed by atoms with Gasteiger partial charge >= 0.3 is 5.97 Å². The van der Waals surface area contributed by atoms with Crippen molar-refractivity contribution in [3.8, 4) is 0 Å². The second-order valence-electron chi connectivity index (χ2n) is 9.10. The van der Waals surface area contributed by atoms with E-state index in [4.69, 9.17) is 0 Å². The van der Waals surface area contributed by atoms with Crippen LogP contribution in [0.4, 0.5) is 0 Å². The molecule has 4 nitrogen and oxygen atoms in total. The van der Waals surface area contributed by atoms with Gasteiger partial charge in [-0.3, -0.25) is 9.59 Å². The van der Waals surface area contributed by atoms with Crippen molar-refractivity contribution >= 4 is 11.9 Å². The maximum absolute atomic E-state index is 12.5. The van der Waals surface area contributed by atoms with Crippen LogP contribution in [0.1, 0.15) is 58.8 Å². The zero-order valence-electron chi connectivity index (χ0n) is 13.0. The third-order valence-corrected chi connectivity index (χ3v) is 6.64. The molecule has 5 atom stereocenters. The van der Waals surface area contributed by atoms with Crippen molar-refractivity contribution in [3.05, 3.63) is 0 Å². The number of carboxylic acid groups (broad SMARTS) is 1. The summed E-state index contributed by atoms with van der Waals surface area (Å²) in [6, 6.07) is 0. The number of aliphatic carboxylic acids is 1. The van der Waals surface area contributed by atoms with Gasteiger partial charge < -0.3 is 10.0 Å². The molecule has 1 saturated heterocycles. The minimum Gasteiger partial charge on any atom is -0.481 e. The third-order valence-electron chi connectivity index (χ3n) is 6.64. The van der Waals surface area contributed by atoms with Gasteiger partial charge in [-0.2, -0.15) is 0 Å². The fourth-order valence-corrected chi connectivity index (χ4v) is 7.02. The standard InChI is InChI=1S/C17H25NO3/c1-15-4-11-5-16(2,8-15)10-17(6-11,9-15)18-7-12(14(20)21)3-13(18)19/h11-12H,3-10H2,1-2H3,(H,20,21)/t11?,12-,15-,16+,17?/m1/s1. The first-order chi connectivity index (χ1) is 9.73. The van der Waals surface area contributed by atoms with E-state index in [2.05, 4.69) is 13.8 Å². The highest BCUT2D eigenvalue weighted by Gasteiger charge is 2.63. The van der Waals surface area contributed by atoms with Crippen LogP contribution in [-0.4, -0.2) is 34.0 Å². The minimum absolute atomic E-state index is 0.0375. The zero-order valence-corrected chi connectivity index (χ0v) is 13.0. The molecule has 5 rings (SSSR count). The monoisotopic (exact) mass is 291 g/mol. The van der Waals surface area contributed by atoms with Gasteiger partial charge in [0, 0.05) is 18.5 Å². The first-order valence-electron chi connectivity index (χ1n) is 8.26. The molecule has 5 aliphatic rings. The summed E-state index contributed by atoms with van der Waals surface area (Å²) in [5.74, 6) is -0.497. The first-order valence-corrected chi connectivity index (χ1v) is 8.26. The lowest BCUT2D eigenvalue weighted by Gasteiger charge is -2.67. The van der Waals surface area contributed by atoms with Crippen molar-refractivity contribution in [2.75, 3.05) is 6.54 Å². The average Bonchev–Trinajstić information content (AvgIpc) is 2.67. The third kappa shape index (κ3) is 1.87. The van der Waals surface area contributed by atoms with Crippen LogP contribution in [0.3, 0.4) is 0 Å². The molecule has 0 radical (unpaired) electrons. The molecule has 0 aromatic heterocycles. The lowest BCUT2D eigenvalue weighted by molar-refractivity contribution is -0.170. The lowest BCUT2D eigenvalue weighted by Crippen LogP contribution is -2.65. The van der Waals surface area contributed by atoms with Crippen molar-refractivity contribution in [1.82, 2.24) is 4.90 Å². The molecule has 4 bridgehead atoms. The molecule has 0 aromatic carbocycles. The molecule has 116 valence electrons. The van der Waals surface area contributed by atoms with Gasteiger partial charge in [0.05, 0.1) is 5.92 Å². The predicted molar refractivity (Wildman–Crippen MR) is 77.6 cm³/mol. The molecule has 4 heteroatoms. The van der Waals surface area contributed by atoms with E-state index >= 15 is 0 Å². The first kappa shape index (κ1) is 13.6. The highest BCUT2D eigenvalue weighted by atomic mass is 16.4. The Labute approximate surface area is 125 Å². The van der Waals surface area contributed by atoms with E-state index in [0.717, 1.165) is 25.2 Å². The van der Waals surface area contributed by atoms with E-state index < -0.39 is 11.9 Å². The Kier molecular flexibility index (Phi) is 2.47. The fraction of sp³-hybridized carbons (Fsp3) is 0.882. The van der Waals surface area contributed by atoms with E-state index in [9.17, 15) is 14.7 Å². The van der Waals surface area contributed by atoms with E-state index in [1.165, 1.54) is 19.3 Å². The number of likely N-dealkylation sites (tertiary alicyclic amines) is 1. The molecule has 1 amide bonds. The number of hydrogen-bond acceptors (Lipinski definition) is 2. The molecule has 4 aliphatic carbocycles. The summed E-state index contributed by atoms with van der Waals surface area (Å²) < 4.78 is 0. The van der Waals surface area contributed by atoms with Gasteiger partial charge in [-0.1, -0.05) is 13.8 Å². The van der Waals surface area contributed by atoms with Gasteiger partial charge in [-0.15, -0.1) is 0 Å².